The molecule has 0 saturated heterocycles. The lowest BCUT2D eigenvalue weighted by atomic mass is 10.3. The summed E-state index contributed by atoms with van der Waals surface area (Å²) in [5.41, 5.74) is 6.35. The van der Waals surface area contributed by atoms with Crippen LogP contribution < -0.4 is 5.73 Å². The Kier molecular flexibility index (Phi) is 347. The van der Waals surface area contributed by atoms with Crippen molar-refractivity contribution in [3.8, 4) is 0 Å². The first-order valence-electron chi connectivity index (χ1n) is 8.49. The van der Waals surface area contributed by atoms with Crippen LogP contribution in [0.4, 0.5) is 0 Å². The molecule has 0 unspecified atom stereocenters. The lowest BCUT2D eigenvalue weighted by molar-refractivity contribution is 1.15. The van der Waals surface area contributed by atoms with E-state index in [4.69, 9.17) is 5.73 Å². The van der Waals surface area contributed by atoms with Gasteiger partial charge in [0.05, 0.1) is 0 Å². The fourth-order valence-corrected chi connectivity index (χ4v) is 0.394. The van der Waals surface area contributed by atoms with E-state index in [1.807, 2.05) is 83.1 Å². The van der Waals surface area contributed by atoms with E-state index in [-0.39, 0.29) is 0 Å². The molecule has 0 aliphatic heterocycles. The molecule has 0 heterocycles. The molecule has 0 fully saturated rings. The monoisotopic (exact) mass is 280 g/mol. The first-order chi connectivity index (χ1) is 9.35. The highest BCUT2D eigenvalue weighted by Gasteiger charge is 1.84. The van der Waals surface area contributed by atoms with Crippen molar-refractivity contribution in [3.63, 3.8) is 0 Å². The Morgan fingerprint density at radius 3 is 0.895 bits per heavy atom. The van der Waals surface area contributed by atoms with E-state index in [9.17, 15) is 0 Å². The molecule has 0 saturated carbocycles. The van der Waals surface area contributed by atoms with Crippen molar-refractivity contribution in [2.24, 2.45) is 10.7 Å². The summed E-state index contributed by atoms with van der Waals surface area (Å²) in [4.78, 5) is 3.92. The van der Waals surface area contributed by atoms with Crippen LogP contribution in [0.15, 0.2) is 4.99 Å². The van der Waals surface area contributed by atoms with Gasteiger partial charge in [-0.25, -0.2) is 0 Å². The predicted octanol–water partition coefficient (Wildman–Crippen LogP) is 6.58. The summed E-state index contributed by atoms with van der Waals surface area (Å²) in [6.45, 7) is 26.7. The third kappa shape index (κ3) is 136. The number of hydrogen-bond donors (Lipinski definition) is 1. The molecule has 0 aromatic carbocycles. The average Bonchev–Trinajstić information content (AvgIpc) is 2.60. The Morgan fingerprint density at radius 1 is 0.684 bits per heavy atom. The van der Waals surface area contributed by atoms with E-state index < -0.39 is 0 Å². The van der Waals surface area contributed by atoms with Gasteiger partial charge in [0, 0.05) is 19.3 Å². The van der Waals surface area contributed by atoms with Gasteiger partial charge in [0.15, 0.2) is 0 Å². The van der Waals surface area contributed by atoms with Gasteiger partial charge in [-0.05, 0) is 6.42 Å². The summed E-state index contributed by atoms with van der Waals surface area (Å²) in [6, 6.07) is 0. The number of rotatable bonds is 2. The molecular weight excluding hydrogens is 232 g/mol. The van der Waals surface area contributed by atoms with Crippen LogP contribution in [0.2, 0.25) is 0 Å². The molecule has 0 radical (unpaired) electrons. The number of aliphatic imine (C=N–C) groups is 1. The molecule has 126 valence electrons. The fraction of sp³-hybridized carbons (Fsp3) is 0.941. The maximum Gasteiger partial charge on any atom is 0.0309 e. The van der Waals surface area contributed by atoms with Gasteiger partial charge in [0.1, 0.15) is 0 Å². The molecular formula is C17H48N2. The van der Waals surface area contributed by atoms with E-state index in [0.29, 0.717) is 6.54 Å². The van der Waals surface area contributed by atoms with Gasteiger partial charge in [-0.3, -0.25) is 4.99 Å². The van der Waals surface area contributed by atoms with Gasteiger partial charge in [0.25, 0.3) is 0 Å². The highest BCUT2D eigenvalue weighted by atomic mass is 14.7. The van der Waals surface area contributed by atoms with Gasteiger partial charge in [-0.1, -0.05) is 90.0 Å². The normalized spacial score (nSPS) is 6.37. The zero-order chi connectivity index (χ0) is 17.7. The van der Waals surface area contributed by atoms with E-state index in [0.717, 1.165) is 12.1 Å². The molecule has 2 N–H and O–H groups in total. The SMILES string of the molecule is CC.CC.CC.CC.CC.CC.CCC(CN)=NC. The highest BCUT2D eigenvalue weighted by Crippen LogP contribution is 1.78. The van der Waals surface area contributed by atoms with Crippen LogP contribution in [-0.4, -0.2) is 19.3 Å². The van der Waals surface area contributed by atoms with E-state index >= 15 is 0 Å². The van der Waals surface area contributed by atoms with Crippen LogP contribution in [0.3, 0.4) is 0 Å². The number of nitrogens with zero attached hydrogens (tertiary/aromatic N) is 1. The van der Waals surface area contributed by atoms with Crippen LogP contribution in [0.5, 0.6) is 0 Å². The van der Waals surface area contributed by atoms with Crippen molar-refractivity contribution in [2.75, 3.05) is 13.6 Å². The van der Waals surface area contributed by atoms with Gasteiger partial charge in [-0.15, -0.1) is 0 Å². The summed E-state index contributed by atoms with van der Waals surface area (Å²) >= 11 is 0. The van der Waals surface area contributed by atoms with Crippen molar-refractivity contribution in [3.05, 3.63) is 0 Å². The quantitative estimate of drug-likeness (QED) is 0.570. The van der Waals surface area contributed by atoms with Gasteiger partial charge < -0.3 is 5.73 Å². The Morgan fingerprint density at radius 2 is 0.895 bits per heavy atom. The van der Waals surface area contributed by atoms with Crippen LogP contribution in [0.1, 0.15) is 96.4 Å². The minimum atomic E-state index is 0.604. The molecule has 19 heavy (non-hydrogen) atoms. The van der Waals surface area contributed by atoms with Crippen LogP contribution in [0, 0.1) is 0 Å². The Hall–Kier alpha value is -0.370. The van der Waals surface area contributed by atoms with E-state index in [1.165, 1.54) is 0 Å². The van der Waals surface area contributed by atoms with Crippen LogP contribution in [-0.2, 0) is 0 Å². The molecule has 0 atom stereocenters. The lowest BCUT2D eigenvalue weighted by Crippen LogP contribution is -2.11. The van der Waals surface area contributed by atoms with Crippen molar-refractivity contribution in [2.45, 2.75) is 96.4 Å². The third-order valence-electron chi connectivity index (χ3n) is 0.960. The lowest BCUT2D eigenvalue weighted by Gasteiger charge is -1.92. The standard InChI is InChI=1S/C5H12N2.6C2H6/c1-3-5(4-6)7-2;6*1-2/h3-4,6H2,1-2H3;6*1-2H3. The summed E-state index contributed by atoms with van der Waals surface area (Å²) in [7, 11) is 1.77. The van der Waals surface area contributed by atoms with Gasteiger partial charge in [0.2, 0.25) is 0 Å². The summed E-state index contributed by atoms with van der Waals surface area (Å²) < 4.78 is 0. The van der Waals surface area contributed by atoms with Crippen molar-refractivity contribution < 1.29 is 0 Å². The zero-order valence-corrected chi connectivity index (χ0v) is 16.9. The predicted molar refractivity (Wildman–Crippen MR) is 101 cm³/mol. The second-order valence-corrected chi connectivity index (χ2v) is 1.35. The van der Waals surface area contributed by atoms with Gasteiger partial charge in [-0.2, -0.15) is 0 Å². The van der Waals surface area contributed by atoms with Crippen molar-refractivity contribution in [1.82, 2.24) is 0 Å². The maximum absolute atomic E-state index is 5.26. The fourth-order valence-electron chi connectivity index (χ4n) is 0.394. The molecule has 0 rings (SSSR count). The van der Waals surface area contributed by atoms with E-state index in [1.54, 1.807) is 7.05 Å². The minimum Gasteiger partial charge on any atom is -0.326 e. The summed E-state index contributed by atoms with van der Waals surface area (Å²) in [5, 5.41) is 0. The topological polar surface area (TPSA) is 38.4 Å². The van der Waals surface area contributed by atoms with Crippen LogP contribution in [0.25, 0.3) is 0 Å². The molecule has 0 aromatic heterocycles. The van der Waals surface area contributed by atoms with Crippen molar-refractivity contribution >= 4 is 5.71 Å². The largest absolute Gasteiger partial charge is 0.326 e. The summed E-state index contributed by atoms with van der Waals surface area (Å²) in [5.74, 6) is 0. The highest BCUT2D eigenvalue weighted by molar-refractivity contribution is 5.85. The van der Waals surface area contributed by atoms with Crippen LogP contribution >= 0.6 is 0 Å². The second kappa shape index (κ2) is 154. The molecule has 0 spiro atoms. The van der Waals surface area contributed by atoms with E-state index in [2.05, 4.69) is 11.9 Å². The molecule has 0 aromatic rings. The Labute approximate surface area is 127 Å². The summed E-state index contributed by atoms with van der Waals surface area (Å²) in [6.07, 6.45) is 0.979. The molecule has 0 aliphatic rings. The average molecular weight is 281 g/mol. The van der Waals surface area contributed by atoms with Gasteiger partial charge >= 0.3 is 0 Å². The molecule has 0 bridgehead atoms. The molecule has 2 nitrogen and oxygen atoms in total. The second-order valence-electron chi connectivity index (χ2n) is 1.35. The molecule has 0 amide bonds. The zero-order valence-electron chi connectivity index (χ0n) is 16.9. The maximum atomic E-state index is 5.26. The molecule has 0 aliphatic carbocycles. The smallest absolute Gasteiger partial charge is 0.0309 e. The van der Waals surface area contributed by atoms with Crippen molar-refractivity contribution in [1.29, 1.82) is 0 Å². The number of nitrogens with two attached hydrogens (primary N) is 1. The molecule has 2 heteroatoms. The first kappa shape index (κ1) is 42.8. The minimum absolute atomic E-state index is 0.604. The number of hydrogen-bond acceptors (Lipinski definition) is 2. The Bertz CT molecular complexity index is 63.7. The first-order valence-corrected chi connectivity index (χ1v) is 8.49. The third-order valence-corrected chi connectivity index (χ3v) is 0.960. The Balaban J connectivity index is -0.0000000205.